The summed E-state index contributed by atoms with van der Waals surface area (Å²) in [5, 5.41) is 3.65. The quantitative estimate of drug-likeness (QED) is 0.877. The van der Waals surface area contributed by atoms with E-state index >= 15 is 0 Å². The molecular formula is C15H26N2S. The first-order valence-electron chi connectivity index (χ1n) is 7.16. The molecule has 1 aromatic heterocycles. The van der Waals surface area contributed by atoms with Crippen LogP contribution in [0.25, 0.3) is 0 Å². The topological polar surface area (TPSA) is 15.3 Å². The van der Waals surface area contributed by atoms with Crippen LogP contribution in [0.15, 0.2) is 6.07 Å². The van der Waals surface area contributed by atoms with E-state index in [1.807, 2.05) is 11.3 Å². The molecule has 102 valence electrons. The monoisotopic (exact) mass is 266 g/mol. The maximum absolute atomic E-state index is 3.65. The summed E-state index contributed by atoms with van der Waals surface area (Å²) in [4.78, 5) is 5.56. The van der Waals surface area contributed by atoms with E-state index in [4.69, 9.17) is 0 Å². The molecule has 18 heavy (non-hydrogen) atoms. The van der Waals surface area contributed by atoms with Crippen molar-refractivity contribution in [1.29, 1.82) is 0 Å². The maximum atomic E-state index is 3.65. The van der Waals surface area contributed by atoms with Gasteiger partial charge in [-0.2, -0.15) is 0 Å². The molecule has 1 aromatic rings. The van der Waals surface area contributed by atoms with Crippen molar-refractivity contribution in [2.24, 2.45) is 0 Å². The molecule has 1 fully saturated rings. The fraction of sp³-hybridized carbons (Fsp3) is 0.733. The number of thiophene rings is 1. The van der Waals surface area contributed by atoms with E-state index in [1.54, 1.807) is 0 Å². The summed E-state index contributed by atoms with van der Waals surface area (Å²) in [6.07, 6.45) is 2.53. The molecule has 0 aliphatic carbocycles. The highest BCUT2D eigenvalue weighted by Crippen LogP contribution is 2.31. The third-order valence-corrected chi connectivity index (χ3v) is 4.96. The molecule has 1 aliphatic heterocycles. The van der Waals surface area contributed by atoms with Crippen molar-refractivity contribution in [2.45, 2.75) is 52.6 Å². The van der Waals surface area contributed by atoms with Crippen LogP contribution in [-0.4, -0.2) is 30.6 Å². The zero-order valence-electron chi connectivity index (χ0n) is 12.1. The van der Waals surface area contributed by atoms with Gasteiger partial charge in [0.15, 0.2) is 0 Å². The molecule has 0 aromatic carbocycles. The predicted molar refractivity (Wildman–Crippen MR) is 80.5 cm³/mol. The minimum absolute atomic E-state index is 0.573. The van der Waals surface area contributed by atoms with Crippen LogP contribution in [0.2, 0.25) is 0 Å². The van der Waals surface area contributed by atoms with E-state index in [0.717, 1.165) is 6.54 Å². The number of nitrogens with zero attached hydrogens (tertiary/aromatic N) is 1. The highest BCUT2D eigenvalue weighted by Gasteiger charge is 2.27. The number of likely N-dealkylation sites (tertiary alicyclic amines) is 1. The molecule has 1 N–H and O–H groups in total. The summed E-state index contributed by atoms with van der Waals surface area (Å²) in [7, 11) is 0. The van der Waals surface area contributed by atoms with Crippen LogP contribution in [0.4, 0.5) is 0 Å². The molecule has 2 nitrogen and oxygen atoms in total. The van der Waals surface area contributed by atoms with Gasteiger partial charge in [0, 0.05) is 34.9 Å². The fourth-order valence-corrected chi connectivity index (χ4v) is 3.93. The van der Waals surface area contributed by atoms with Crippen molar-refractivity contribution in [3.8, 4) is 0 Å². The van der Waals surface area contributed by atoms with E-state index in [1.165, 1.54) is 41.2 Å². The summed E-state index contributed by atoms with van der Waals surface area (Å²) in [5.41, 5.74) is 1.54. The second-order valence-electron chi connectivity index (χ2n) is 5.48. The zero-order valence-corrected chi connectivity index (χ0v) is 12.9. The van der Waals surface area contributed by atoms with Gasteiger partial charge in [-0.3, -0.25) is 4.90 Å². The minimum atomic E-state index is 0.573. The lowest BCUT2D eigenvalue weighted by atomic mass is 10.1. The van der Waals surface area contributed by atoms with Crippen molar-refractivity contribution >= 4 is 11.3 Å². The van der Waals surface area contributed by atoms with Crippen LogP contribution in [0.1, 0.15) is 48.0 Å². The van der Waals surface area contributed by atoms with Crippen molar-refractivity contribution in [2.75, 3.05) is 19.6 Å². The Hall–Kier alpha value is -0.380. The number of hydrogen-bond acceptors (Lipinski definition) is 3. The Labute approximate surface area is 115 Å². The van der Waals surface area contributed by atoms with E-state index in [-0.39, 0.29) is 0 Å². The number of aryl methyl sites for hydroxylation is 2. The minimum Gasteiger partial charge on any atom is -0.313 e. The third kappa shape index (κ3) is 3.14. The van der Waals surface area contributed by atoms with Crippen LogP contribution < -0.4 is 5.32 Å². The Bertz CT molecular complexity index is 386. The lowest BCUT2D eigenvalue weighted by Crippen LogP contribution is -2.33. The van der Waals surface area contributed by atoms with E-state index < -0.39 is 0 Å². The van der Waals surface area contributed by atoms with Crippen LogP contribution in [0.5, 0.6) is 0 Å². The lowest BCUT2D eigenvalue weighted by molar-refractivity contribution is 0.255. The SMILES string of the molecule is CCCNC1CCN(C(C)c2cc(C)sc2C)C1. The molecule has 3 heteroatoms. The lowest BCUT2D eigenvalue weighted by Gasteiger charge is -2.24. The van der Waals surface area contributed by atoms with E-state index in [2.05, 4.69) is 44.0 Å². The first kappa shape index (κ1) is 14.0. The highest BCUT2D eigenvalue weighted by molar-refractivity contribution is 7.12. The largest absolute Gasteiger partial charge is 0.313 e. The smallest absolute Gasteiger partial charge is 0.0331 e. The Morgan fingerprint density at radius 1 is 1.50 bits per heavy atom. The Morgan fingerprint density at radius 2 is 2.28 bits per heavy atom. The van der Waals surface area contributed by atoms with E-state index in [0.29, 0.717) is 12.1 Å². The normalized spacial score (nSPS) is 22.6. The Kier molecular flexibility index (Phi) is 4.82. The average molecular weight is 266 g/mol. The van der Waals surface area contributed by atoms with Crippen molar-refractivity contribution in [3.05, 3.63) is 21.4 Å². The van der Waals surface area contributed by atoms with Crippen LogP contribution in [0, 0.1) is 13.8 Å². The average Bonchev–Trinajstić information content (AvgIpc) is 2.92. The molecule has 2 unspecified atom stereocenters. The Morgan fingerprint density at radius 3 is 2.89 bits per heavy atom. The van der Waals surface area contributed by atoms with Crippen molar-refractivity contribution < 1.29 is 0 Å². The molecule has 2 heterocycles. The third-order valence-electron chi connectivity index (χ3n) is 3.98. The van der Waals surface area contributed by atoms with Gasteiger partial charge in [-0.25, -0.2) is 0 Å². The predicted octanol–water partition coefficient (Wildman–Crippen LogP) is 3.50. The fourth-order valence-electron chi connectivity index (χ4n) is 2.92. The molecular weight excluding hydrogens is 240 g/mol. The van der Waals surface area contributed by atoms with Crippen LogP contribution in [-0.2, 0) is 0 Å². The first-order chi connectivity index (χ1) is 8.61. The summed E-state index contributed by atoms with van der Waals surface area (Å²) in [6, 6.07) is 3.65. The standard InChI is InChI=1S/C15H26N2S/c1-5-7-16-14-6-8-17(10-14)12(3)15-9-11(2)18-13(15)4/h9,12,14,16H,5-8,10H2,1-4H3. The van der Waals surface area contributed by atoms with Crippen LogP contribution >= 0.6 is 11.3 Å². The summed E-state index contributed by atoms with van der Waals surface area (Å²) in [6.45, 7) is 12.7. The summed E-state index contributed by atoms with van der Waals surface area (Å²) >= 11 is 1.93. The van der Waals surface area contributed by atoms with Gasteiger partial charge in [0.25, 0.3) is 0 Å². The number of nitrogens with one attached hydrogen (secondary N) is 1. The van der Waals surface area contributed by atoms with Gasteiger partial charge in [-0.15, -0.1) is 11.3 Å². The molecule has 0 bridgehead atoms. The van der Waals surface area contributed by atoms with Gasteiger partial charge >= 0.3 is 0 Å². The molecule has 0 spiro atoms. The summed E-state index contributed by atoms with van der Waals surface area (Å²) in [5.74, 6) is 0. The molecule has 0 saturated carbocycles. The number of hydrogen-bond donors (Lipinski definition) is 1. The molecule has 2 rings (SSSR count). The maximum Gasteiger partial charge on any atom is 0.0331 e. The zero-order chi connectivity index (χ0) is 13.1. The van der Waals surface area contributed by atoms with Gasteiger partial charge in [0.1, 0.15) is 0 Å². The second kappa shape index (κ2) is 6.18. The van der Waals surface area contributed by atoms with Gasteiger partial charge in [-0.1, -0.05) is 6.92 Å². The van der Waals surface area contributed by atoms with Gasteiger partial charge in [0.05, 0.1) is 0 Å². The summed E-state index contributed by atoms with van der Waals surface area (Å²) < 4.78 is 0. The van der Waals surface area contributed by atoms with Crippen molar-refractivity contribution in [1.82, 2.24) is 10.2 Å². The van der Waals surface area contributed by atoms with Gasteiger partial charge < -0.3 is 5.32 Å². The Balaban J connectivity index is 1.94. The molecule has 1 saturated heterocycles. The molecule has 0 amide bonds. The van der Waals surface area contributed by atoms with Gasteiger partial charge in [0.2, 0.25) is 0 Å². The van der Waals surface area contributed by atoms with Crippen molar-refractivity contribution in [3.63, 3.8) is 0 Å². The number of rotatable bonds is 5. The molecule has 1 aliphatic rings. The molecule has 0 radical (unpaired) electrons. The first-order valence-corrected chi connectivity index (χ1v) is 7.97. The highest BCUT2D eigenvalue weighted by atomic mass is 32.1. The van der Waals surface area contributed by atoms with Crippen LogP contribution in [0.3, 0.4) is 0 Å². The van der Waals surface area contributed by atoms with E-state index in [9.17, 15) is 0 Å². The second-order valence-corrected chi connectivity index (χ2v) is 6.94. The molecule has 2 atom stereocenters. The van der Waals surface area contributed by atoms with Gasteiger partial charge in [-0.05, 0) is 51.8 Å².